The zero-order chi connectivity index (χ0) is 13.9. The minimum atomic E-state index is 0.165. The van der Waals surface area contributed by atoms with Crippen LogP contribution in [0.2, 0.25) is 0 Å². The van der Waals surface area contributed by atoms with E-state index in [-0.39, 0.29) is 5.91 Å². The summed E-state index contributed by atoms with van der Waals surface area (Å²) in [5.74, 6) is 0.165. The Morgan fingerprint density at radius 3 is 2.47 bits per heavy atom. The lowest BCUT2D eigenvalue weighted by molar-refractivity contribution is -0.896. The molecule has 3 heteroatoms. The highest BCUT2D eigenvalue weighted by Crippen LogP contribution is 2.01. The molecule has 1 amide bonds. The summed E-state index contributed by atoms with van der Waals surface area (Å²) in [6.07, 6.45) is 2.48. The van der Waals surface area contributed by atoms with Gasteiger partial charge < -0.3 is 10.2 Å². The number of amides is 1. The second kappa shape index (κ2) is 9.56. The third-order valence-corrected chi connectivity index (χ3v) is 3.51. The monoisotopic (exact) mass is 263 g/mol. The summed E-state index contributed by atoms with van der Waals surface area (Å²) >= 11 is 0. The standard InChI is InChI=1S/C16H26N2O/c1-3-18(4-2)14-8-13-17-16(19)12-11-15-9-6-5-7-10-15/h5-7,9-10H,3-4,8,11-14H2,1-2H3,(H,17,19)/p+1. The van der Waals surface area contributed by atoms with Crippen molar-refractivity contribution < 1.29 is 9.69 Å². The van der Waals surface area contributed by atoms with Crippen molar-refractivity contribution in [2.75, 3.05) is 26.2 Å². The minimum Gasteiger partial charge on any atom is -0.356 e. The van der Waals surface area contributed by atoms with E-state index in [0.717, 1.165) is 25.9 Å². The van der Waals surface area contributed by atoms with Crippen LogP contribution in [0.1, 0.15) is 32.3 Å². The van der Waals surface area contributed by atoms with E-state index in [1.54, 1.807) is 4.90 Å². The molecule has 0 aliphatic heterocycles. The lowest BCUT2D eigenvalue weighted by Crippen LogP contribution is -3.11. The first-order chi connectivity index (χ1) is 9.26. The highest BCUT2D eigenvalue weighted by molar-refractivity contribution is 5.76. The Labute approximate surface area is 117 Å². The van der Waals surface area contributed by atoms with E-state index in [1.807, 2.05) is 18.2 Å². The summed E-state index contributed by atoms with van der Waals surface area (Å²) < 4.78 is 0. The van der Waals surface area contributed by atoms with E-state index in [4.69, 9.17) is 0 Å². The van der Waals surface area contributed by atoms with Crippen LogP contribution in [0.4, 0.5) is 0 Å². The maximum Gasteiger partial charge on any atom is 0.220 e. The van der Waals surface area contributed by atoms with Crippen LogP contribution in [-0.2, 0) is 11.2 Å². The molecule has 0 atom stereocenters. The normalized spacial score (nSPS) is 10.7. The summed E-state index contributed by atoms with van der Waals surface area (Å²) in [5.41, 5.74) is 1.23. The van der Waals surface area contributed by atoms with Gasteiger partial charge in [0.15, 0.2) is 0 Å². The largest absolute Gasteiger partial charge is 0.356 e. The molecule has 0 fully saturated rings. The number of aryl methyl sites for hydroxylation is 1. The smallest absolute Gasteiger partial charge is 0.220 e. The fraction of sp³-hybridized carbons (Fsp3) is 0.562. The molecule has 0 unspecified atom stereocenters. The zero-order valence-corrected chi connectivity index (χ0v) is 12.2. The summed E-state index contributed by atoms with van der Waals surface area (Å²) in [7, 11) is 0. The average Bonchev–Trinajstić information content (AvgIpc) is 2.46. The molecule has 3 nitrogen and oxygen atoms in total. The maximum atomic E-state index is 11.7. The fourth-order valence-corrected chi connectivity index (χ4v) is 2.16. The lowest BCUT2D eigenvalue weighted by Gasteiger charge is -2.15. The molecule has 0 saturated carbocycles. The number of hydrogen-bond acceptors (Lipinski definition) is 1. The predicted molar refractivity (Wildman–Crippen MR) is 79.3 cm³/mol. The van der Waals surface area contributed by atoms with Gasteiger partial charge in [-0.15, -0.1) is 0 Å². The van der Waals surface area contributed by atoms with Gasteiger partial charge in [0.1, 0.15) is 0 Å². The minimum absolute atomic E-state index is 0.165. The van der Waals surface area contributed by atoms with Crippen LogP contribution in [-0.4, -0.2) is 32.1 Å². The van der Waals surface area contributed by atoms with Gasteiger partial charge >= 0.3 is 0 Å². The molecule has 106 valence electrons. The molecule has 1 aromatic carbocycles. The molecule has 0 aromatic heterocycles. The van der Waals surface area contributed by atoms with E-state index in [9.17, 15) is 4.79 Å². The Kier molecular flexibility index (Phi) is 7.91. The number of carbonyl (C=O) groups is 1. The van der Waals surface area contributed by atoms with Gasteiger partial charge in [0, 0.05) is 19.4 Å². The summed E-state index contributed by atoms with van der Waals surface area (Å²) in [4.78, 5) is 13.3. The van der Waals surface area contributed by atoms with E-state index < -0.39 is 0 Å². The van der Waals surface area contributed by atoms with Crippen LogP contribution in [0.3, 0.4) is 0 Å². The van der Waals surface area contributed by atoms with Crippen LogP contribution in [0.5, 0.6) is 0 Å². The van der Waals surface area contributed by atoms with Gasteiger partial charge in [0.2, 0.25) is 5.91 Å². The SMILES string of the molecule is CC[NH+](CC)CCCNC(=O)CCc1ccccc1. The van der Waals surface area contributed by atoms with Crippen molar-refractivity contribution in [2.24, 2.45) is 0 Å². The Balaban J connectivity index is 2.08. The van der Waals surface area contributed by atoms with Crippen molar-refractivity contribution in [2.45, 2.75) is 33.1 Å². The first-order valence-corrected chi connectivity index (χ1v) is 7.40. The number of quaternary nitrogens is 1. The van der Waals surface area contributed by atoms with Crippen LogP contribution >= 0.6 is 0 Å². The molecule has 2 N–H and O–H groups in total. The van der Waals surface area contributed by atoms with Crippen molar-refractivity contribution in [1.29, 1.82) is 0 Å². The first-order valence-electron chi connectivity index (χ1n) is 7.40. The van der Waals surface area contributed by atoms with Gasteiger partial charge in [-0.05, 0) is 25.8 Å². The Hall–Kier alpha value is -1.35. The topological polar surface area (TPSA) is 33.5 Å². The summed E-state index contributed by atoms with van der Waals surface area (Å²) in [5, 5.41) is 3.00. The molecule has 0 spiro atoms. The fourth-order valence-electron chi connectivity index (χ4n) is 2.16. The van der Waals surface area contributed by atoms with Crippen LogP contribution in [0.25, 0.3) is 0 Å². The second-order valence-corrected chi connectivity index (χ2v) is 4.90. The number of rotatable bonds is 9. The third kappa shape index (κ3) is 6.97. The molecule has 0 saturated heterocycles. The lowest BCUT2D eigenvalue weighted by atomic mass is 10.1. The number of hydrogen-bond donors (Lipinski definition) is 2. The first kappa shape index (κ1) is 15.7. The highest BCUT2D eigenvalue weighted by atomic mass is 16.1. The number of nitrogens with one attached hydrogen (secondary N) is 2. The molecule has 19 heavy (non-hydrogen) atoms. The van der Waals surface area contributed by atoms with Crippen LogP contribution in [0, 0.1) is 0 Å². The molecular formula is C16H27N2O+. The van der Waals surface area contributed by atoms with Crippen LogP contribution in [0.15, 0.2) is 30.3 Å². The van der Waals surface area contributed by atoms with Crippen molar-refractivity contribution in [3.63, 3.8) is 0 Å². The van der Waals surface area contributed by atoms with E-state index in [1.165, 1.54) is 18.7 Å². The Morgan fingerprint density at radius 2 is 1.84 bits per heavy atom. The van der Waals surface area contributed by atoms with Crippen molar-refractivity contribution >= 4 is 5.91 Å². The molecule has 0 aliphatic carbocycles. The van der Waals surface area contributed by atoms with Crippen molar-refractivity contribution in [1.82, 2.24) is 5.32 Å². The van der Waals surface area contributed by atoms with E-state index in [0.29, 0.717) is 6.42 Å². The van der Waals surface area contributed by atoms with E-state index in [2.05, 4.69) is 31.3 Å². The van der Waals surface area contributed by atoms with Crippen molar-refractivity contribution in [3.05, 3.63) is 35.9 Å². The van der Waals surface area contributed by atoms with Gasteiger partial charge in [-0.2, -0.15) is 0 Å². The maximum absolute atomic E-state index is 11.7. The molecule has 0 bridgehead atoms. The molecular weight excluding hydrogens is 236 g/mol. The zero-order valence-electron chi connectivity index (χ0n) is 12.2. The van der Waals surface area contributed by atoms with Gasteiger partial charge in [-0.3, -0.25) is 4.79 Å². The van der Waals surface area contributed by atoms with Gasteiger partial charge in [0.25, 0.3) is 0 Å². The highest BCUT2D eigenvalue weighted by Gasteiger charge is 2.04. The second-order valence-electron chi connectivity index (χ2n) is 4.90. The molecule has 1 aromatic rings. The molecule has 1 rings (SSSR count). The predicted octanol–water partition coefficient (Wildman–Crippen LogP) is 1.05. The number of carbonyl (C=O) groups excluding carboxylic acids is 1. The molecule has 0 heterocycles. The quantitative estimate of drug-likeness (QED) is 0.642. The van der Waals surface area contributed by atoms with Gasteiger partial charge in [0.05, 0.1) is 19.6 Å². The summed E-state index contributed by atoms with van der Waals surface area (Å²) in [6.45, 7) is 8.69. The van der Waals surface area contributed by atoms with Crippen LogP contribution < -0.4 is 10.2 Å². The van der Waals surface area contributed by atoms with E-state index >= 15 is 0 Å². The Morgan fingerprint density at radius 1 is 1.16 bits per heavy atom. The van der Waals surface area contributed by atoms with Gasteiger partial charge in [-0.25, -0.2) is 0 Å². The molecule has 0 radical (unpaired) electrons. The molecule has 0 aliphatic rings. The average molecular weight is 263 g/mol. The van der Waals surface area contributed by atoms with Gasteiger partial charge in [-0.1, -0.05) is 30.3 Å². The third-order valence-electron chi connectivity index (χ3n) is 3.51. The number of benzene rings is 1. The summed E-state index contributed by atoms with van der Waals surface area (Å²) in [6, 6.07) is 10.2. The Bertz CT molecular complexity index is 347. The van der Waals surface area contributed by atoms with Crippen molar-refractivity contribution in [3.8, 4) is 0 Å².